The van der Waals surface area contributed by atoms with Crippen LogP contribution in [0.5, 0.6) is 0 Å². The largest absolute Gasteiger partial charge is 0.316 e. The van der Waals surface area contributed by atoms with E-state index < -0.39 is 0 Å². The molecule has 0 radical (unpaired) electrons. The van der Waals surface area contributed by atoms with Crippen molar-refractivity contribution in [2.24, 2.45) is 0 Å². The number of imidazole rings is 1. The van der Waals surface area contributed by atoms with Crippen molar-refractivity contribution < 1.29 is 0 Å². The van der Waals surface area contributed by atoms with Crippen LogP contribution in [-0.4, -0.2) is 23.0 Å². The number of nitrogens with zero attached hydrogens (tertiary/aromatic N) is 2. The third kappa shape index (κ3) is 2.03. The average Bonchev–Trinajstić information content (AvgIpc) is 2.81. The van der Waals surface area contributed by atoms with E-state index in [9.17, 15) is 0 Å². The van der Waals surface area contributed by atoms with Crippen LogP contribution < -0.4 is 5.32 Å². The summed E-state index contributed by atoms with van der Waals surface area (Å²) >= 11 is 1.68. The minimum absolute atomic E-state index is 0.938. The molecule has 0 aliphatic carbocycles. The fourth-order valence-corrected chi connectivity index (χ4v) is 2.55. The van der Waals surface area contributed by atoms with Gasteiger partial charge in [0, 0.05) is 18.1 Å². The van der Waals surface area contributed by atoms with E-state index >= 15 is 0 Å². The predicted octanol–water partition coefficient (Wildman–Crippen LogP) is 2.72. The highest BCUT2D eigenvalue weighted by Crippen LogP contribution is 2.19. The standard InChI is InChI=1S/C12H17N3S/c1-4-10(8-13-3)7-11-9(2)14-12-15(11)5-6-16-12/h5-7,13H,4,8H2,1-3H3. The van der Waals surface area contributed by atoms with E-state index in [0.29, 0.717) is 0 Å². The molecule has 0 aliphatic heterocycles. The van der Waals surface area contributed by atoms with Gasteiger partial charge in [0.15, 0.2) is 4.96 Å². The first-order valence-corrected chi connectivity index (χ1v) is 6.40. The Morgan fingerprint density at radius 2 is 2.44 bits per heavy atom. The number of aromatic nitrogens is 2. The Morgan fingerprint density at radius 3 is 3.12 bits per heavy atom. The van der Waals surface area contributed by atoms with Gasteiger partial charge in [-0.1, -0.05) is 12.5 Å². The maximum atomic E-state index is 4.54. The fourth-order valence-electron chi connectivity index (χ4n) is 1.78. The van der Waals surface area contributed by atoms with Gasteiger partial charge in [-0.3, -0.25) is 4.40 Å². The molecular weight excluding hydrogens is 218 g/mol. The van der Waals surface area contributed by atoms with Gasteiger partial charge in [-0.2, -0.15) is 0 Å². The van der Waals surface area contributed by atoms with Crippen molar-refractivity contribution in [2.75, 3.05) is 13.6 Å². The monoisotopic (exact) mass is 235 g/mol. The summed E-state index contributed by atoms with van der Waals surface area (Å²) in [4.78, 5) is 5.61. The molecule has 0 aliphatic rings. The average molecular weight is 235 g/mol. The van der Waals surface area contributed by atoms with Gasteiger partial charge in [-0.05, 0) is 26.5 Å². The topological polar surface area (TPSA) is 29.3 Å². The number of hydrogen-bond donors (Lipinski definition) is 1. The van der Waals surface area contributed by atoms with Crippen LogP contribution in [-0.2, 0) is 0 Å². The molecule has 2 aromatic rings. The van der Waals surface area contributed by atoms with Gasteiger partial charge in [0.25, 0.3) is 0 Å². The summed E-state index contributed by atoms with van der Waals surface area (Å²) in [5.41, 5.74) is 3.72. The maximum absolute atomic E-state index is 4.54. The lowest BCUT2D eigenvalue weighted by Gasteiger charge is -2.03. The van der Waals surface area contributed by atoms with Crippen molar-refractivity contribution >= 4 is 22.4 Å². The van der Waals surface area contributed by atoms with Crippen molar-refractivity contribution in [2.45, 2.75) is 20.3 Å². The van der Waals surface area contributed by atoms with Crippen molar-refractivity contribution in [3.63, 3.8) is 0 Å². The van der Waals surface area contributed by atoms with E-state index in [-0.39, 0.29) is 0 Å². The second kappa shape index (κ2) is 4.80. The molecule has 3 nitrogen and oxygen atoms in total. The number of likely N-dealkylation sites (N-methyl/N-ethyl adjacent to an activating group) is 1. The molecule has 4 heteroatoms. The van der Waals surface area contributed by atoms with E-state index in [2.05, 4.69) is 46.2 Å². The predicted molar refractivity (Wildman–Crippen MR) is 70.0 cm³/mol. The van der Waals surface area contributed by atoms with Crippen molar-refractivity contribution in [3.05, 3.63) is 28.5 Å². The summed E-state index contributed by atoms with van der Waals surface area (Å²) in [6, 6.07) is 0. The SMILES string of the molecule is CCC(=Cc1c(C)nc2sccn12)CNC. The highest BCUT2D eigenvalue weighted by Gasteiger charge is 2.07. The van der Waals surface area contributed by atoms with Crippen molar-refractivity contribution in [3.8, 4) is 0 Å². The molecule has 16 heavy (non-hydrogen) atoms. The molecule has 0 saturated heterocycles. The van der Waals surface area contributed by atoms with Crippen LogP contribution in [0.3, 0.4) is 0 Å². The summed E-state index contributed by atoms with van der Waals surface area (Å²) < 4.78 is 2.16. The Labute approximate surface area is 99.8 Å². The molecule has 0 atom stereocenters. The van der Waals surface area contributed by atoms with Gasteiger partial charge in [0.2, 0.25) is 0 Å². The quantitative estimate of drug-likeness (QED) is 0.883. The summed E-state index contributed by atoms with van der Waals surface area (Å²) in [7, 11) is 1.98. The lowest BCUT2D eigenvalue weighted by atomic mass is 10.1. The van der Waals surface area contributed by atoms with E-state index in [1.807, 2.05) is 7.05 Å². The van der Waals surface area contributed by atoms with Crippen LogP contribution in [0.1, 0.15) is 24.7 Å². The summed E-state index contributed by atoms with van der Waals surface area (Å²) in [6.07, 6.45) is 5.40. The molecule has 2 rings (SSSR count). The third-order valence-electron chi connectivity index (χ3n) is 2.68. The first-order chi connectivity index (χ1) is 7.76. The van der Waals surface area contributed by atoms with Gasteiger partial charge < -0.3 is 5.32 Å². The van der Waals surface area contributed by atoms with Crippen LogP contribution in [0, 0.1) is 6.92 Å². The summed E-state index contributed by atoms with van der Waals surface area (Å²) in [6.45, 7) is 5.19. The van der Waals surface area contributed by atoms with Crippen LogP contribution >= 0.6 is 11.3 Å². The Morgan fingerprint density at radius 1 is 1.62 bits per heavy atom. The maximum Gasteiger partial charge on any atom is 0.194 e. The molecule has 0 aromatic carbocycles. The zero-order chi connectivity index (χ0) is 11.5. The lowest BCUT2D eigenvalue weighted by Crippen LogP contribution is -2.10. The number of hydrogen-bond acceptors (Lipinski definition) is 3. The normalized spacial score (nSPS) is 12.6. The number of rotatable bonds is 4. The smallest absolute Gasteiger partial charge is 0.194 e. The first kappa shape index (κ1) is 11.4. The number of fused-ring (bicyclic) bond motifs is 1. The van der Waals surface area contributed by atoms with Crippen LogP contribution in [0.15, 0.2) is 17.2 Å². The highest BCUT2D eigenvalue weighted by atomic mass is 32.1. The van der Waals surface area contributed by atoms with Gasteiger partial charge in [-0.25, -0.2) is 4.98 Å². The fraction of sp³-hybridized carbons (Fsp3) is 0.417. The minimum Gasteiger partial charge on any atom is -0.316 e. The third-order valence-corrected chi connectivity index (χ3v) is 3.44. The molecule has 0 bridgehead atoms. The molecule has 2 aromatic heterocycles. The molecule has 0 amide bonds. The Hall–Kier alpha value is -1.13. The summed E-state index contributed by atoms with van der Waals surface area (Å²) in [5, 5.41) is 5.27. The zero-order valence-corrected chi connectivity index (χ0v) is 10.8. The lowest BCUT2D eigenvalue weighted by molar-refractivity contribution is 0.850. The minimum atomic E-state index is 0.938. The first-order valence-electron chi connectivity index (χ1n) is 5.52. The Balaban J connectivity index is 2.45. The van der Waals surface area contributed by atoms with Crippen molar-refractivity contribution in [1.29, 1.82) is 0 Å². The number of thiazole rings is 1. The molecule has 0 fully saturated rings. The molecule has 1 N–H and O–H groups in total. The van der Waals surface area contributed by atoms with Crippen LogP contribution in [0.4, 0.5) is 0 Å². The van der Waals surface area contributed by atoms with Gasteiger partial charge in [0.05, 0.1) is 11.4 Å². The van der Waals surface area contributed by atoms with E-state index in [1.165, 1.54) is 11.3 Å². The summed E-state index contributed by atoms with van der Waals surface area (Å²) in [5.74, 6) is 0. The second-order valence-electron chi connectivity index (χ2n) is 3.82. The van der Waals surface area contributed by atoms with Gasteiger partial charge in [0.1, 0.15) is 0 Å². The van der Waals surface area contributed by atoms with E-state index in [1.54, 1.807) is 11.3 Å². The zero-order valence-electron chi connectivity index (χ0n) is 9.95. The molecular formula is C12H17N3S. The molecule has 0 unspecified atom stereocenters. The Kier molecular flexibility index (Phi) is 3.41. The van der Waals surface area contributed by atoms with E-state index in [4.69, 9.17) is 0 Å². The highest BCUT2D eigenvalue weighted by molar-refractivity contribution is 7.15. The molecule has 0 spiro atoms. The molecule has 2 heterocycles. The van der Waals surface area contributed by atoms with Crippen LogP contribution in [0.2, 0.25) is 0 Å². The molecule has 0 saturated carbocycles. The number of aryl methyl sites for hydroxylation is 1. The second-order valence-corrected chi connectivity index (χ2v) is 4.70. The van der Waals surface area contributed by atoms with Gasteiger partial charge >= 0.3 is 0 Å². The van der Waals surface area contributed by atoms with Crippen LogP contribution in [0.25, 0.3) is 11.0 Å². The van der Waals surface area contributed by atoms with E-state index in [0.717, 1.165) is 23.6 Å². The van der Waals surface area contributed by atoms with Gasteiger partial charge in [-0.15, -0.1) is 11.3 Å². The Bertz CT molecular complexity index is 507. The number of nitrogens with one attached hydrogen (secondary N) is 1. The molecule has 86 valence electrons. The van der Waals surface area contributed by atoms with Crippen molar-refractivity contribution in [1.82, 2.24) is 14.7 Å².